The van der Waals surface area contributed by atoms with Crippen LogP contribution in [-0.2, 0) is 6.54 Å². The molecule has 1 aromatic heterocycles. The molecule has 0 amide bonds. The van der Waals surface area contributed by atoms with Gasteiger partial charge in [-0.25, -0.2) is 9.18 Å². The third kappa shape index (κ3) is 3.97. The molecule has 0 spiro atoms. The van der Waals surface area contributed by atoms with Crippen LogP contribution in [0.25, 0.3) is 21.7 Å². The zero-order valence-corrected chi connectivity index (χ0v) is 19.7. The highest BCUT2D eigenvalue weighted by Gasteiger charge is 2.28. The normalized spacial score (nSPS) is 16.6. The van der Waals surface area contributed by atoms with Crippen LogP contribution in [0.5, 0.6) is 5.75 Å². The molecule has 7 nitrogen and oxygen atoms in total. The van der Waals surface area contributed by atoms with Crippen molar-refractivity contribution in [3.8, 4) is 5.75 Å². The molecule has 0 bridgehead atoms. The van der Waals surface area contributed by atoms with Crippen molar-refractivity contribution in [2.45, 2.75) is 25.4 Å². The molecule has 2 fully saturated rings. The summed E-state index contributed by atoms with van der Waals surface area (Å²) in [5.41, 5.74) is 0.883. The largest absolute Gasteiger partial charge is 0.508 e. The van der Waals surface area contributed by atoms with E-state index in [0.717, 1.165) is 29.2 Å². The van der Waals surface area contributed by atoms with E-state index in [0.29, 0.717) is 43.9 Å². The number of hydrogen-bond acceptors (Lipinski definition) is 5. The van der Waals surface area contributed by atoms with Crippen LogP contribution in [0.1, 0.15) is 34.8 Å². The number of benzene rings is 3. The van der Waals surface area contributed by atoms with Crippen molar-refractivity contribution in [2.75, 3.05) is 31.1 Å². The van der Waals surface area contributed by atoms with E-state index in [1.165, 1.54) is 12.3 Å². The minimum absolute atomic E-state index is 0.105. The second-order valence-electron chi connectivity index (χ2n) is 9.73. The van der Waals surface area contributed by atoms with Crippen LogP contribution in [0, 0.1) is 5.82 Å². The molecule has 2 heterocycles. The SMILES string of the molecule is O=C(O)c1cn(C2CC2)c2cc(N3CCN(Cc4cc5ccccc5cc4O)CC3)c(F)cc2c1=O. The fourth-order valence-corrected chi connectivity index (χ4v) is 5.20. The molecular formula is C28H26FN3O4. The van der Waals surface area contributed by atoms with Crippen LogP contribution in [0.3, 0.4) is 0 Å². The van der Waals surface area contributed by atoms with Gasteiger partial charge >= 0.3 is 5.97 Å². The Morgan fingerprint density at radius 1 is 1.00 bits per heavy atom. The molecule has 6 rings (SSSR count). The Balaban J connectivity index is 1.25. The maximum atomic E-state index is 15.2. The van der Waals surface area contributed by atoms with Gasteiger partial charge in [0.05, 0.1) is 11.2 Å². The lowest BCUT2D eigenvalue weighted by molar-refractivity contribution is 0.0695. The number of aromatic carboxylic acids is 1. The summed E-state index contributed by atoms with van der Waals surface area (Å²) in [7, 11) is 0. The van der Waals surface area contributed by atoms with Gasteiger partial charge < -0.3 is 19.7 Å². The van der Waals surface area contributed by atoms with Crippen LogP contribution < -0.4 is 10.3 Å². The predicted octanol–water partition coefficient (Wildman–Crippen LogP) is 4.35. The van der Waals surface area contributed by atoms with E-state index >= 15 is 4.39 Å². The summed E-state index contributed by atoms with van der Waals surface area (Å²) in [6.07, 6.45) is 3.22. The van der Waals surface area contributed by atoms with Gasteiger partial charge in [-0.05, 0) is 47.9 Å². The lowest BCUT2D eigenvalue weighted by Crippen LogP contribution is -2.46. The van der Waals surface area contributed by atoms with Crippen molar-refractivity contribution in [2.24, 2.45) is 0 Å². The van der Waals surface area contributed by atoms with E-state index in [4.69, 9.17) is 0 Å². The Morgan fingerprint density at radius 2 is 1.69 bits per heavy atom. The monoisotopic (exact) mass is 487 g/mol. The summed E-state index contributed by atoms with van der Waals surface area (Å²) in [4.78, 5) is 28.5. The zero-order chi connectivity index (χ0) is 25.0. The number of piperazine rings is 1. The van der Waals surface area contributed by atoms with Gasteiger partial charge in [0.25, 0.3) is 0 Å². The van der Waals surface area contributed by atoms with E-state index in [1.807, 2.05) is 39.8 Å². The Labute approximate surface area is 206 Å². The Morgan fingerprint density at radius 3 is 2.36 bits per heavy atom. The smallest absolute Gasteiger partial charge is 0.341 e. The molecule has 1 aliphatic heterocycles. The molecule has 184 valence electrons. The molecule has 0 radical (unpaired) electrons. The summed E-state index contributed by atoms with van der Waals surface area (Å²) < 4.78 is 17.0. The predicted molar refractivity (Wildman–Crippen MR) is 136 cm³/mol. The summed E-state index contributed by atoms with van der Waals surface area (Å²) >= 11 is 0. The molecular weight excluding hydrogens is 461 g/mol. The van der Waals surface area contributed by atoms with E-state index in [1.54, 1.807) is 12.1 Å². The number of fused-ring (bicyclic) bond motifs is 2. The molecule has 2 aliphatic rings. The quantitative estimate of drug-likeness (QED) is 0.435. The van der Waals surface area contributed by atoms with Gasteiger partial charge in [0.2, 0.25) is 5.43 Å². The van der Waals surface area contributed by atoms with E-state index in [9.17, 15) is 19.8 Å². The van der Waals surface area contributed by atoms with Crippen molar-refractivity contribution in [3.05, 3.63) is 81.9 Å². The number of nitrogens with zero attached hydrogens (tertiary/aromatic N) is 3. The number of rotatable bonds is 5. The third-order valence-electron chi connectivity index (χ3n) is 7.33. The lowest BCUT2D eigenvalue weighted by Gasteiger charge is -2.36. The summed E-state index contributed by atoms with van der Waals surface area (Å²) in [5.74, 6) is -1.55. The van der Waals surface area contributed by atoms with Crippen molar-refractivity contribution >= 4 is 33.3 Å². The Hall–Kier alpha value is -3.91. The molecule has 2 N–H and O–H groups in total. The van der Waals surface area contributed by atoms with Gasteiger partial charge in [0.15, 0.2) is 0 Å². The number of hydrogen-bond donors (Lipinski definition) is 2. The summed E-state index contributed by atoms with van der Waals surface area (Å²) in [5, 5.41) is 22.1. The average molecular weight is 488 g/mol. The number of carboxylic acids is 1. The number of aromatic hydroxyl groups is 1. The number of carboxylic acid groups (broad SMARTS) is 1. The molecule has 36 heavy (non-hydrogen) atoms. The molecule has 1 aliphatic carbocycles. The number of aromatic nitrogens is 1. The molecule has 0 unspecified atom stereocenters. The first-order valence-electron chi connectivity index (χ1n) is 12.2. The van der Waals surface area contributed by atoms with Crippen molar-refractivity contribution < 1.29 is 19.4 Å². The average Bonchev–Trinajstić information content (AvgIpc) is 3.70. The molecule has 8 heteroatoms. The number of phenolic OH excluding ortho intramolecular Hbond substituents is 1. The molecule has 4 aromatic rings. The fraction of sp³-hybridized carbons (Fsp3) is 0.286. The van der Waals surface area contributed by atoms with Crippen LogP contribution in [0.15, 0.2) is 59.5 Å². The second kappa shape index (κ2) is 8.64. The maximum absolute atomic E-state index is 15.2. The molecule has 3 aromatic carbocycles. The number of halogens is 1. The molecule has 1 saturated carbocycles. The second-order valence-corrected chi connectivity index (χ2v) is 9.73. The third-order valence-corrected chi connectivity index (χ3v) is 7.33. The first-order chi connectivity index (χ1) is 17.4. The van der Waals surface area contributed by atoms with Gasteiger partial charge in [-0.3, -0.25) is 9.69 Å². The van der Waals surface area contributed by atoms with Gasteiger partial charge in [0, 0.05) is 55.9 Å². The molecule has 1 saturated heterocycles. The number of anilines is 1. The topological polar surface area (TPSA) is 86.0 Å². The Kier molecular flexibility index (Phi) is 5.41. The van der Waals surface area contributed by atoms with Crippen molar-refractivity contribution in [1.82, 2.24) is 9.47 Å². The molecule has 0 atom stereocenters. The highest BCUT2D eigenvalue weighted by Crippen LogP contribution is 2.38. The number of pyridine rings is 1. The standard InChI is InChI=1S/C28H26FN3O4/c29-23-13-21-24(32(20-5-6-20)16-22(27(21)34)28(35)36)14-25(23)31-9-7-30(8-10-31)15-19-11-17-3-1-2-4-18(17)12-26(19)33/h1-4,11-14,16,20,33H,5-10,15H2,(H,35,36). The highest BCUT2D eigenvalue weighted by molar-refractivity contribution is 5.93. The first kappa shape index (κ1) is 22.5. The fourth-order valence-electron chi connectivity index (χ4n) is 5.20. The van der Waals surface area contributed by atoms with Crippen LogP contribution in [-0.4, -0.2) is 51.8 Å². The lowest BCUT2D eigenvalue weighted by atomic mass is 10.1. The number of phenols is 1. The van der Waals surface area contributed by atoms with Crippen LogP contribution >= 0.6 is 0 Å². The zero-order valence-electron chi connectivity index (χ0n) is 19.7. The maximum Gasteiger partial charge on any atom is 0.341 e. The van der Waals surface area contributed by atoms with E-state index in [-0.39, 0.29) is 22.7 Å². The van der Waals surface area contributed by atoms with Crippen molar-refractivity contribution in [3.63, 3.8) is 0 Å². The first-order valence-corrected chi connectivity index (χ1v) is 12.2. The summed E-state index contributed by atoms with van der Waals surface area (Å²) in [6, 6.07) is 14.8. The van der Waals surface area contributed by atoms with E-state index in [2.05, 4.69) is 4.90 Å². The van der Waals surface area contributed by atoms with Crippen LogP contribution in [0.2, 0.25) is 0 Å². The highest BCUT2D eigenvalue weighted by atomic mass is 19.1. The van der Waals surface area contributed by atoms with Gasteiger partial charge in [-0.15, -0.1) is 0 Å². The number of carbonyl (C=O) groups is 1. The summed E-state index contributed by atoms with van der Waals surface area (Å²) in [6.45, 7) is 3.17. The van der Waals surface area contributed by atoms with Gasteiger partial charge in [-0.2, -0.15) is 0 Å². The van der Waals surface area contributed by atoms with E-state index < -0.39 is 17.2 Å². The minimum atomic E-state index is -1.30. The minimum Gasteiger partial charge on any atom is -0.508 e. The van der Waals surface area contributed by atoms with Crippen LogP contribution in [0.4, 0.5) is 10.1 Å². The van der Waals surface area contributed by atoms with Crippen molar-refractivity contribution in [1.29, 1.82) is 0 Å². The van der Waals surface area contributed by atoms with Gasteiger partial charge in [0.1, 0.15) is 17.1 Å². The van der Waals surface area contributed by atoms with Gasteiger partial charge in [-0.1, -0.05) is 24.3 Å². The Bertz CT molecular complexity index is 1570.